The average molecular weight is 587 g/mol. The van der Waals surface area contributed by atoms with Crippen molar-refractivity contribution in [1.29, 1.82) is 0 Å². The molecule has 0 aliphatic carbocycles. The van der Waals surface area contributed by atoms with Gasteiger partial charge in [-0.2, -0.15) is 0 Å². The molecule has 1 fully saturated rings. The highest BCUT2D eigenvalue weighted by molar-refractivity contribution is 6.04. The van der Waals surface area contributed by atoms with Crippen LogP contribution in [0.1, 0.15) is 59.4 Å². The molecule has 1 aliphatic rings. The Balaban J connectivity index is 1.42. The van der Waals surface area contributed by atoms with Crippen molar-refractivity contribution in [1.82, 2.24) is 5.32 Å². The molecule has 4 rings (SSSR count). The summed E-state index contributed by atoms with van der Waals surface area (Å²) < 4.78 is 10.4. The highest BCUT2D eigenvalue weighted by atomic mass is 16.5. The number of urea groups is 1. The fourth-order valence-corrected chi connectivity index (χ4v) is 5.21. The van der Waals surface area contributed by atoms with Crippen LogP contribution in [0.25, 0.3) is 0 Å². The molecule has 0 atom stereocenters. The molecule has 1 saturated heterocycles. The van der Waals surface area contributed by atoms with Crippen molar-refractivity contribution in [3.05, 3.63) is 89.5 Å². The Morgan fingerprint density at radius 2 is 1.56 bits per heavy atom. The van der Waals surface area contributed by atoms with Crippen LogP contribution in [0.15, 0.2) is 72.8 Å². The third-order valence-electron chi connectivity index (χ3n) is 7.43. The van der Waals surface area contributed by atoms with Gasteiger partial charge in [-0.05, 0) is 93.5 Å². The van der Waals surface area contributed by atoms with E-state index in [1.807, 2.05) is 25.1 Å². The number of carbonyl (C=O) groups is 3. The number of carbonyl (C=O) groups excluding carboxylic acids is 3. The molecule has 0 saturated carbocycles. The molecule has 0 radical (unpaired) electrons. The maximum atomic E-state index is 13.4. The first-order valence-electron chi connectivity index (χ1n) is 15.1. The van der Waals surface area contributed by atoms with Crippen molar-refractivity contribution in [3.8, 4) is 0 Å². The SMILES string of the molecule is CCOCCCNC(=O)c1cc(NC(=O)Nc2ccc(C(=O)OCC)cc2)ccc1N1CCC(Cc2ccccc2)CC1. The predicted molar refractivity (Wildman–Crippen MR) is 170 cm³/mol. The van der Waals surface area contributed by atoms with Crippen LogP contribution in [-0.2, 0) is 15.9 Å². The Bertz CT molecular complexity index is 1340. The van der Waals surface area contributed by atoms with Crippen LogP contribution in [0.3, 0.4) is 0 Å². The van der Waals surface area contributed by atoms with Crippen LogP contribution < -0.4 is 20.9 Å². The van der Waals surface area contributed by atoms with Crippen molar-refractivity contribution < 1.29 is 23.9 Å². The number of nitrogens with zero attached hydrogens (tertiary/aromatic N) is 1. The van der Waals surface area contributed by atoms with E-state index in [9.17, 15) is 14.4 Å². The number of esters is 1. The Morgan fingerprint density at radius 1 is 0.860 bits per heavy atom. The van der Waals surface area contributed by atoms with Gasteiger partial charge in [-0.3, -0.25) is 4.79 Å². The van der Waals surface area contributed by atoms with E-state index in [1.54, 1.807) is 37.3 Å². The average Bonchev–Trinajstić information content (AvgIpc) is 3.02. The highest BCUT2D eigenvalue weighted by Crippen LogP contribution is 2.30. The lowest BCUT2D eigenvalue weighted by Gasteiger charge is -2.35. The number of hydrogen-bond acceptors (Lipinski definition) is 6. The van der Waals surface area contributed by atoms with E-state index in [2.05, 4.69) is 45.1 Å². The lowest BCUT2D eigenvalue weighted by Crippen LogP contribution is -2.36. The van der Waals surface area contributed by atoms with E-state index in [4.69, 9.17) is 9.47 Å². The van der Waals surface area contributed by atoms with Gasteiger partial charge in [-0.15, -0.1) is 0 Å². The third-order valence-corrected chi connectivity index (χ3v) is 7.43. The summed E-state index contributed by atoms with van der Waals surface area (Å²) in [6.07, 6.45) is 3.86. The zero-order chi connectivity index (χ0) is 30.4. The molecule has 3 N–H and O–H groups in total. The molecule has 0 bridgehead atoms. The normalized spacial score (nSPS) is 13.3. The quantitative estimate of drug-likeness (QED) is 0.164. The fraction of sp³-hybridized carbons (Fsp3) is 0.382. The standard InChI is InChI=1S/C34H42N4O5/c1-3-42-22-8-19-35-32(39)30-24-29(37-34(41)36-28-13-11-27(12-14-28)33(40)43-4-2)15-16-31(30)38-20-17-26(18-21-38)23-25-9-6-5-7-10-25/h5-7,9-16,24,26H,3-4,8,17-23H2,1-2H3,(H,35,39)(H2,36,37,41). The summed E-state index contributed by atoms with van der Waals surface area (Å²) in [4.78, 5) is 40.3. The van der Waals surface area contributed by atoms with Gasteiger partial charge in [-0.25, -0.2) is 9.59 Å². The van der Waals surface area contributed by atoms with Gasteiger partial charge in [0.05, 0.1) is 17.7 Å². The summed E-state index contributed by atoms with van der Waals surface area (Å²) in [7, 11) is 0. The molecule has 0 unspecified atom stereocenters. The first-order chi connectivity index (χ1) is 21.0. The molecule has 43 heavy (non-hydrogen) atoms. The molecule has 1 heterocycles. The Hall–Kier alpha value is -4.37. The molecule has 0 spiro atoms. The number of anilines is 3. The molecular formula is C34H42N4O5. The minimum Gasteiger partial charge on any atom is -0.462 e. The Labute approximate surface area is 253 Å². The second-order valence-corrected chi connectivity index (χ2v) is 10.5. The van der Waals surface area contributed by atoms with Crippen molar-refractivity contribution >= 4 is 35.0 Å². The van der Waals surface area contributed by atoms with Crippen LogP contribution in [0.2, 0.25) is 0 Å². The van der Waals surface area contributed by atoms with Gasteiger partial charge in [-0.1, -0.05) is 30.3 Å². The fourth-order valence-electron chi connectivity index (χ4n) is 5.21. The molecule has 0 aromatic heterocycles. The number of rotatable bonds is 13. The van der Waals surface area contributed by atoms with Gasteiger partial charge in [0.15, 0.2) is 0 Å². The number of benzene rings is 3. The first kappa shape index (κ1) is 31.6. The lowest BCUT2D eigenvalue weighted by molar-refractivity contribution is 0.0526. The van der Waals surface area contributed by atoms with Crippen molar-refractivity contribution in [2.45, 2.75) is 39.5 Å². The maximum Gasteiger partial charge on any atom is 0.338 e. The number of ether oxygens (including phenoxy) is 2. The number of amides is 3. The number of piperidine rings is 1. The van der Waals surface area contributed by atoms with E-state index in [1.165, 1.54) is 5.56 Å². The lowest BCUT2D eigenvalue weighted by atomic mass is 9.89. The van der Waals surface area contributed by atoms with Crippen LogP contribution in [0.5, 0.6) is 0 Å². The van der Waals surface area contributed by atoms with Crippen LogP contribution >= 0.6 is 0 Å². The van der Waals surface area contributed by atoms with E-state index in [0.717, 1.165) is 44.5 Å². The summed E-state index contributed by atoms with van der Waals surface area (Å²) in [5, 5.41) is 8.61. The van der Waals surface area contributed by atoms with Crippen LogP contribution in [0.4, 0.5) is 21.9 Å². The molecular weight excluding hydrogens is 544 g/mol. The third kappa shape index (κ3) is 9.58. The molecule has 3 aromatic rings. The molecule has 9 heteroatoms. The van der Waals surface area contributed by atoms with Gasteiger partial charge in [0.2, 0.25) is 0 Å². The summed E-state index contributed by atoms with van der Waals surface area (Å²) in [5.74, 6) is 0.00436. The van der Waals surface area contributed by atoms with Crippen LogP contribution in [-0.4, -0.2) is 57.4 Å². The Kier molecular flexibility index (Phi) is 12.0. The van der Waals surface area contributed by atoms with Crippen molar-refractivity contribution in [3.63, 3.8) is 0 Å². The summed E-state index contributed by atoms with van der Waals surface area (Å²) >= 11 is 0. The summed E-state index contributed by atoms with van der Waals surface area (Å²) in [5.41, 5.74) is 4.17. The molecule has 228 valence electrons. The van der Waals surface area contributed by atoms with Crippen molar-refractivity contribution in [2.24, 2.45) is 5.92 Å². The smallest absolute Gasteiger partial charge is 0.338 e. The minimum absolute atomic E-state index is 0.184. The number of nitrogens with one attached hydrogen (secondary N) is 3. The zero-order valence-electron chi connectivity index (χ0n) is 25.1. The van der Waals surface area contributed by atoms with E-state index in [0.29, 0.717) is 54.8 Å². The molecule has 1 aliphatic heterocycles. The van der Waals surface area contributed by atoms with E-state index < -0.39 is 12.0 Å². The van der Waals surface area contributed by atoms with Crippen LogP contribution in [0, 0.1) is 5.92 Å². The second-order valence-electron chi connectivity index (χ2n) is 10.5. The van der Waals surface area contributed by atoms with Gasteiger partial charge < -0.3 is 30.3 Å². The van der Waals surface area contributed by atoms with Crippen molar-refractivity contribution in [2.75, 3.05) is 55.0 Å². The van der Waals surface area contributed by atoms with Gasteiger partial charge in [0, 0.05) is 49.9 Å². The summed E-state index contributed by atoms with van der Waals surface area (Å²) in [6, 6.07) is 22.0. The molecule has 3 amide bonds. The zero-order valence-corrected chi connectivity index (χ0v) is 25.1. The first-order valence-corrected chi connectivity index (χ1v) is 15.1. The Morgan fingerprint density at radius 3 is 2.26 bits per heavy atom. The highest BCUT2D eigenvalue weighted by Gasteiger charge is 2.24. The van der Waals surface area contributed by atoms with Gasteiger partial charge >= 0.3 is 12.0 Å². The predicted octanol–water partition coefficient (Wildman–Crippen LogP) is 6.12. The monoisotopic (exact) mass is 586 g/mol. The molecule has 3 aromatic carbocycles. The minimum atomic E-state index is -0.457. The molecule has 9 nitrogen and oxygen atoms in total. The largest absolute Gasteiger partial charge is 0.462 e. The van der Waals surface area contributed by atoms with Gasteiger partial charge in [0.25, 0.3) is 5.91 Å². The van der Waals surface area contributed by atoms with E-state index in [-0.39, 0.29) is 5.91 Å². The maximum absolute atomic E-state index is 13.4. The summed E-state index contributed by atoms with van der Waals surface area (Å²) in [6.45, 7) is 7.43. The second kappa shape index (κ2) is 16.3. The topological polar surface area (TPSA) is 109 Å². The van der Waals surface area contributed by atoms with Gasteiger partial charge in [0.1, 0.15) is 0 Å². The van der Waals surface area contributed by atoms with E-state index >= 15 is 0 Å². The number of hydrogen-bond donors (Lipinski definition) is 3.